The summed E-state index contributed by atoms with van der Waals surface area (Å²) < 4.78 is 11.0. The smallest absolute Gasteiger partial charge is 0.259 e. The van der Waals surface area contributed by atoms with Crippen LogP contribution >= 0.6 is 0 Å². The largest absolute Gasteiger partial charge is 0.505 e. The van der Waals surface area contributed by atoms with Crippen molar-refractivity contribution in [2.24, 2.45) is 10.2 Å². The Morgan fingerprint density at radius 2 is 1.43 bits per heavy atom. The van der Waals surface area contributed by atoms with Crippen LogP contribution in [-0.4, -0.2) is 37.0 Å². The van der Waals surface area contributed by atoms with Gasteiger partial charge in [-0.1, -0.05) is 55.1 Å². The molecule has 3 amide bonds. The van der Waals surface area contributed by atoms with Crippen molar-refractivity contribution in [3.05, 3.63) is 121 Å². The van der Waals surface area contributed by atoms with Crippen LogP contribution in [0.25, 0.3) is 10.8 Å². The van der Waals surface area contributed by atoms with Crippen LogP contribution in [0.4, 0.5) is 28.4 Å². The number of azo groups is 1. The predicted octanol–water partition coefficient (Wildman–Crippen LogP) is 7.61. The SMILES string of the molecule is C=CC(=O)Nc1cccc(NC(=O)c2cc3ccccc3c(N=Nc3cc(OC)c(NC(=O)c4ccccc4)cc3OC)c2O)c1. The molecule has 0 aromatic heterocycles. The van der Waals surface area contributed by atoms with Gasteiger partial charge >= 0.3 is 0 Å². The van der Waals surface area contributed by atoms with Gasteiger partial charge in [-0.2, -0.15) is 0 Å². The summed E-state index contributed by atoms with van der Waals surface area (Å²) >= 11 is 0. The Kier molecular flexibility index (Phi) is 9.33. The first kappa shape index (κ1) is 31.0. The lowest BCUT2D eigenvalue weighted by Crippen LogP contribution is -2.13. The molecule has 0 unspecified atom stereocenters. The van der Waals surface area contributed by atoms with E-state index in [9.17, 15) is 19.5 Å². The maximum absolute atomic E-state index is 13.4. The summed E-state index contributed by atoms with van der Waals surface area (Å²) in [6.07, 6.45) is 1.14. The Bertz CT molecular complexity index is 1990. The quantitative estimate of drug-likeness (QED) is 0.0938. The first-order chi connectivity index (χ1) is 22.3. The lowest BCUT2D eigenvalue weighted by Gasteiger charge is -2.14. The molecule has 11 nitrogen and oxygen atoms in total. The van der Waals surface area contributed by atoms with Gasteiger partial charge in [-0.15, -0.1) is 10.2 Å². The third-order valence-corrected chi connectivity index (χ3v) is 6.86. The number of anilines is 3. The average Bonchev–Trinajstić information content (AvgIpc) is 3.08. The van der Waals surface area contributed by atoms with Gasteiger partial charge in [0.05, 0.1) is 25.5 Å². The molecule has 5 aromatic rings. The number of benzene rings is 5. The summed E-state index contributed by atoms with van der Waals surface area (Å²) in [5.74, 6) is -1.17. The Hall–Kier alpha value is -6.49. The highest BCUT2D eigenvalue weighted by molar-refractivity contribution is 6.12. The van der Waals surface area contributed by atoms with E-state index in [1.165, 1.54) is 20.3 Å². The average molecular weight is 616 g/mol. The Morgan fingerprint density at radius 1 is 0.739 bits per heavy atom. The minimum atomic E-state index is -0.607. The van der Waals surface area contributed by atoms with Crippen molar-refractivity contribution in [2.75, 3.05) is 30.2 Å². The molecule has 0 bridgehead atoms. The molecule has 230 valence electrons. The fraction of sp³-hybridized carbons (Fsp3) is 0.0571. The minimum absolute atomic E-state index is 0.0447. The molecule has 0 fully saturated rings. The van der Waals surface area contributed by atoms with E-state index in [2.05, 4.69) is 32.8 Å². The van der Waals surface area contributed by atoms with Crippen LogP contribution in [0.2, 0.25) is 0 Å². The number of amides is 3. The normalized spacial score (nSPS) is 10.7. The van der Waals surface area contributed by atoms with Gasteiger partial charge in [-0.3, -0.25) is 14.4 Å². The highest BCUT2D eigenvalue weighted by Gasteiger charge is 2.20. The Balaban J connectivity index is 1.48. The molecular formula is C35H29N5O6. The van der Waals surface area contributed by atoms with Crippen molar-refractivity contribution in [1.29, 1.82) is 0 Å². The number of carbonyl (C=O) groups is 3. The second-order valence-corrected chi connectivity index (χ2v) is 9.82. The Morgan fingerprint density at radius 3 is 2.15 bits per heavy atom. The van der Waals surface area contributed by atoms with Gasteiger partial charge in [0.15, 0.2) is 5.75 Å². The number of phenols is 1. The number of hydrogen-bond donors (Lipinski definition) is 4. The summed E-state index contributed by atoms with van der Waals surface area (Å²) in [4.78, 5) is 37.9. The summed E-state index contributed by atoms with van der Waals surface area (Å²) in [7, 11) is 2.89. The molecule has 0 aliphatic heterocycles. The van der Waals surface area contributed by atoms with Crippen molar-refractivity contribution in [3.63, 3.8) is 0 Å². The summed E-state index contributed by atoms with van der Waals surface area (Å²) in [6.45, 7) is 3.43. The van der Waals surface area contributed by atoms with Gasteiger partial charge in [0.2, 0.25) is 5.91 Å². The predicted molar refractivity (Wildman–Crippen MR) is 177 cm³/mol. The number of carbonyl (C=O) groups excluding carboxylic acids is 3. The standard InChI is InChI=1S/C35H29N5O6/c1-4-31(41)36-23-14-10-15-24(18-23)37-35(44)26-17-22-13-8-9-16-25(22)32(33(26)42)40-39-28-20-29(45-2)27(19-30(28)46-3)38-34(43)21-11-6-5-7-12-21/h4-20,42H,1H2,2-3H3,(H,36,41)(H,37,44)(H,38,43). The number of hydrogen-bond acceptors (Lipinski definition) is 8. The third-order valence-electron chi connectivity index (χ3n) is 6.86. The van der Waals surface area contributed by atoms with Gasteiger partial charge < -0.3 is 30.5 Å². The molecular weight excluding hydrogens is 586 g/mol. The number of rotatable bonds is 10. The van der Waals surface area contributed by atoms with Gasteiger partial charge in [-0.05, 0) is 47.9 Å². The molecule has 0 saturated heterocycles. The number of methoxy groups -OCH3 is 2. The highest BCUT2D eigenvalue weighted by Crippen LogP contribution is 2.43. The summed E-state index contributed by atoms with van der Waals surface area (Å²) in [6, 6.07) is 27.0. The number of nitrogens with one attached hydrogen (secondary N) is 3. The van der Waals surface area contributed by atoms with Crippen LogP contribution in [-0.2, 0) is 4.79 Å². The van der Waals surface area contributed by atoms with E-state index in [0.29, 0.717) is 39.1 Å². The monoisotopic (exact) mass is 615 g/mol. The Labute approximate surface area is 264 Å². The van der Waals surface area contributed by atoms with Crippen LogP contribution < -0.4 is 25.4 Å². The van der Waals surface area contributed by atoms with E-state index in [-0.39, 0.29) is 28.6 Å². The summed E-state index contributed by atoms with van der Waals surface area (Å²) in [5.41, 5.74) is 1.91. The zero-order valence-corrected chi connectivity index (χ0v) is 24.9. The number of fused-ring (bicyclic) bond motifs is 1. The number of nitrogens with zero attached hydrogens (tertiary/aromatic N) is 2. The second-order valence-electron chi connectivity index (χ2n) is 9.82. The topological polar surface area (TPSA) is 151 Å². The molecule has 0 atom stereocenters. The molecule has 0 heterocycles. The maximum atomic E-state index is 13.4. The number of ether oxygens (including phenoxy) is 2. The number of phenolic OH excluding ortho intramolecular Hbond substituents is 1. The van der Waals surface area contributed by atoms with Crippen molar-refractivity contribution >= 4 is 56.9 Å². The first-order valence-corrected chi connectivity index (χ1v) is 13.9. The van der Waals surface area contributed by atoms with E-state index in [0.717, 1.165) is 6.08 Å². The fourth-order valence-corrected chi connectivity index (χ4v) is 4.60. The van der Waals surface area contributed by atoms with Crippen LogP contribution in [0.5, 0.6) is 17.2 Å². The zero-order valence-electron chi connectivity index (χ0n) is 24.9. The molecule has 4 N–H and O–H groups in total. The fourth-order valence-electron chi connectivity index (χ4n) is 4.60. The van der Waals surface area contributed by atoms with Crippen molar-refractivity contribution in [1.82, 2.24) is 0 Å². The van der Waals surface area contributed by atoms with E-state index in [1.54, 1.807) is 84.9 Å². The minimum Gasteiger partial charge on any atom is -0.505 e. The molecule has 0 aliphatic rings. The van der Waals surface area contributed by atoms with Gasteiger partial charge in [0.25, 0.3) is 11.8 Å². The molecule has 11 heteroatoms. The molecule has 0 aliphatic carbocycles. The lowest BCUT2D eigenvalue weighted by molar-refractivity contribution is -0.111. The summed E-state index contributed by atoms with van der Waals surface area (Å²) in [5, 5.41) is 29.4. The van der Waals surface area contributed by atoms with Gasteiger partial charge in [-0.25, -0.2) is 0 Å². The van der Waals surface area contributed by atoms with Gasteiger partial charge in [0.1, 0.15) is 22.9 Å². The van der Waals surface area contributed by atoms with E-state index in [1.807, 2.05) is 6.07 Å². The second kappa shape index (κ2) is 13.9. The molecule has 0 radical (unpaired) electrons. The van der Waals surface area contributed by atoms with Crippen LogP contribution in [0.3, 0.4) is 0 Å². The molecule has 46 heavy (non-hydrogen) atoms. The zero-order chi connectivity index (χ0) is 32.6. The number of aromatic hydroxyl groups is 1. The van der Waals surface area contributed by atoms with Crippen molar-refractivity contribution in [3.8, 4) is 17.2 Å². The van der Waals surface area contributed by atoms with Crippen molar-refractivity contribution in [2.45, 2.75) is 0 Å². The maximum Gasteiger partial charge on any atom is 0.259 e. The first-order valence-electron chi connectivity index (χ1n) is 13.9. The van der Waals surface area contributed by atoms with E-state index in [4.69, 9.17) is 9.47 Å². The van der Waals surface area contributed by atoms with E-state index < -0.39 is 17.6 Å². The molecule has 0 saturated carbocycles. The van der Waals surface area contributed by atoms with E-state index >= 15 is 0 Å². The molecule has 0 spiro atoms. The molecule has 5 rings (SSSR count). The lowest BCUT2D eigenvalue weighted by atomic mass is 10.0. The third kappa shape index (κ3) is 6.84. The molecule has 5 aromatic carbocycles. The van der Waals surface area contributed by atoms with Gasteiger partial charge in [0, 0.05) is 34.5 Å². The van der Waals surface area contributed by atoms with Crippen LogP contribution in [0, 0.1) is 0 Å². The van der Waals surface area contributed by atoms with Crippen LogP contribution in [0.15, 0.2) is 120 Å². The van der Waals surface area contributed by atoms with Crippen molar-refractivity contribution < 1.29 is 29.0 Å². The highest BCUT2D eigenvalue weighted by atomic mass is 16.5. The van der Waals surface area contributed by atoms with Crippen LogP contribution in [0.1, 0.15) is 20.7 Å².